The minimum absolute atomic E-state index is 1.03. The molecule has 0 unspecified atom stereocenters. The second-order valence-corrected chi connectivity index (χ2v) is 2.82. The molecule has 0 aliphatic heterocycles. The van der Waals surface area contributed by atoms with E-state index in [1.807, 2.05) is 10.9 Å². The zero-order chi connectivity index (χ0) is 5.82. The molecule has 0 saturated carbocycles. The standard InChI is InChI=1S/C5H5NS2/c1-2-8-5-3-7-4-6-5/h2-4H,1H2. The topological polar surface area (TPSA) is 12.9 Å². The van der Waals surface area contributed by atoms with Crippen LogP contribution in [0.5, 0.6) is 0 Å². The molecule has 3 heteroatoms. The van der Waals surface area contributed by atoms with Crippen molar-refractivity contribution in [2.24, 2.45) is 0 Å². The second kappa shape index (κ2) is 2.89. The maximum atomic E-state index is 4.02. The van der Waals surface area contributed by atoms with Gasteiger partial charge >= 0.3 is 0 Å². The summed E-state index contributed by atoms with van der Waals surface area (Å²) in [5.41, 5.74) is 1.81. The van der Waals surface area contributed by atoms with E-state index in [0.717, 1.165) is 5.03 Å². The zero-order valence-electron chi connectivity index (χ0n) is 4.20. The van der Waals surface area contributed by atoms with Crippen molar-refractivity contribution >= 4 is 23.1 Å². The molecule has 0 bridgehead atoms. The van der Waals surface area contributed by atoms with Gasteiger partial charge in [0.1, 0.15) is 5.03 Å². The van der Waals surface area contributed by atoms with E-state index >= 15 is 0 Å². The van der Waals surface area contributed by atoms with Gasteiger partial charge in [0, 0.05) is 5.38 Å². The lowest BCUT2D eigenvalue weighted by Crippen LogP contribution is -1.59. The summed E-state index contributed by atoms with van der Waals surface area (Å²) in [5.74, 6) is 0. The summed E-state index contributed by atoms with van der Waals surface area (Å²) in [7, 11) is 0. The van der Waals surface area contributed by atoms with Crippen LogP contribution in [-0.2, 0) is 0 Å². The van der Waals surface area contributed by atoms with Crippen LogP contribution >= 0.6 is 23.1 Å². The molecule has 1 aromatic heterocycles. The largest absolute Gasteiger partial charge is 0.238 e. The van der Waals surface area contributed by atoms with E-state index in [9.17, 15) is 0 Å². The number of hydrogen-bond acceptors (Lipinski definition) is 3. The van der Waals surface area contributed by atoms with Crippen molar-refractivity contribution in [2.45, 2.75) is 5.03 Å². The molecular weight excluding hydrogens is 138 g/mol. The summed E-state index contributed by atoms with van der Waals surface area (Å²) in [6, 6.07) is 0. The molecule has 1 rings (SSSR count). The molecule has 1 nitrogen and oxygen atoms in total. The van der Waals surface area contributed by atoms with Crippen LogP contribution in [0.2, 0.25) is 0 Å². The van der Waals surface area contributed by atoms with Gasteiger partial charge in [0.25, 0.3) is 0 Å². The SMILES string of the molecule is C=CSc1cscn1. The minimum Gasteiger partial charge on any atom is -0.238 e. The summed E-state index contributed by atoms with van der Waals surface area (Å²) < 4.78 is 0. The summed E-state index contributed by atoms with van der Waals surface area (Å²) in [5, 5.41) is 4.80. The van der Waals surface area contributed by atoms with Crippen molar-refractivity contribution in [2.75, 3.05) is 0 Å². The van der Waals surface area contributed by atoms with Gasteiger partial charge in [0.15, 0.2) is 0 Å². The molecular formula is C5H5NS2. The molecule has 0 aromatic carbocycles. The Kier molecular flexibility index (Phi) is 2.11. The van der Waals surface area contributed by atoms with E-state index in [2.05, 4.69) is 11.6 Å². The summed E-state index contributed by atoms with van der Waals surface area (Å²) in [6.07, 6.45) is 0. The van der Waals surface area contributed by atoms with E-state index in [4.69, 9.17) is 0 Å². The Morgan fingerprint density at radius 3 is 3.25 bits per heavy atom. The molecule has 0 saturated heterocycles. The van der Waals surface area contributed by atoms with Crippen molar-refractivity contribution in [1.82, 2.24) is 4.98 Å². The molecule has 0 fully saturated rings. The Labute approximate surface area is 56.5 Å². The van der Waals surface area contributed by atoms with Crippen LogP contribution in [0.4, 0.5) is 0 Å². The Morgan fingerprint density at radius 1 is 1.88 bits per heavy atom. The molecule has 0 N–H and O–H groups in total. The summed E-state index contributed by atoms with van der Waals surface area (Å²) in [4.78, 5) is 4.02. The van der Waals surface area contributed by atoms with Gasteiger partial charge in [-0.25, -0.2) is 4.98 Å². The number of thiazole rings is 1. The third-order valence-electron chi connectivity index (χ3n) is 0.614. The molecule has 0 spiro atoms. The molecule has 0 aliphatic rings. The Morgan fingerprint density at radius 2 is 2.75 bits per heavy atom. The fraction of sp³-hybridized carbons (Fsp3) is 0. The van der Waals surface area contributed by atoms with Gasteiger partial charge in [0.2, 0.25) is 0 Å². The zero-order valence-corrected chi connectivity index (χ0v) is 5.84. The average Bonchev–Trinajstić information content (AvgIpc) is 2.19. The van der Waals surface area contributed by atoms with E-state index in [-0.39, 0.29) is 0 Å². The number of nitrogens with zero attached hydrogens (tertiary/aromatic N) is 1. The summed E-state index contributed by atoms with van der Waals surface area (Å²) >= 11 is 3.14. The second-order valence-electron chi connectivity index (χ2n) is 1.11. The lowest BCUT2D eigenvalue weighted by molar-refractivity contribution is 1.21. The predicted octanol–water partition coefficient (Wildman–Crippen LogP) is 2.38. The van der Waals surface area contributed by atoms with Crippen LogP contribution in [0.25, 0.3) is 0 Å². The third-order valence-corrected chi connectivity index (χ3v) is 1.98. The van der Waals surface area contributed by atoms with Crippen LogP contribution in [0, 0.1) is 0 Å². The average molecular weight is 143 g/mol. The van der Waals surface area contributed by atoms with Crippen LogP contribution in [0.15, 0.2) is 27.9 Å². The van der Waals surface area contributed by atoms with Gasteiger partial charge < -0.3 is 0 Å². The number of aromatic nitrogens is 1. The third kappa shape index (κ3) is 1.35. The van der Waals surface area contributed by atoms with Crippen molar-refractivity contribution in [1.29, 1.82) is 0 Å². The molecule has 0 radical (unpaired) electrons. The molecule has 1 aromatic rings. The van der Waals surface area contributed by atoms with Gasteiger partial charge in [0.05, 0.1) is 5.51 Å². The highest BCUT2D eigenvalue weighted by atomic mass is 32.2. The van der Waals surface area contributed by atoms with E-state index < -0.39 is 0 Å². The highest BCUT2D eigenvalue weighted by Gasteiger charge is 1.87. The maximum absolute atomic E-state index is 4.02. The smallest absolute Gasteiger partial charge is 0.111 e. The first-order chi connectivity index (χ1) is 3.93. The van der Waals surface area contributed by atoms with Crippen LogP contribution < -0.4 is 0 Å². The van der Waals surface area contributed by atoms with Gasteiger partial charge in [-0.3, -0.25) is 0 Å². The highest BCUT2D eigenvalue weighted by Crippen LogP contribution is 2.16. The van der Waals surface area contributed by atoms with Crippen LogP contribution in [-0.4, -0.2) is 4.98 Å². The van der Waals surface area contributed by atoms with E-state index in [1.54, 1.807) is 28.5 Å². The van der Waals surface area contributed by atoms with Gasteiger partial charge in [-0.1, -0.05) is 18.3 Å². The first-order valence-corrected chi connectivity index (χ1v) is 3.91. The van der Waals surface area contributed by atoms with Crippen molar-refractivity contribution < 1.29 is 0 Å². The predicted molar refractivity (Wildman–Crippen MR) is 38.2 cm³/mol. The molecule has 1 heterocycles. The monoisotopic (exact) mass is 143 g/mol. The fourth-order valence-corrected chi connectivity index (χ4v) is 1.50. The van der Waals surface area contributed by atoms with Gasteiger partial charge in [-0.2, -0.15) is 0 Å². The minimum atomic E-state index is 1.03. The maximum Gasteiger partial charge on any atom is 0.111 e. The molecule has 42 valence electrons. The quantitative estimate of drug-likeness (QED) is 0.589. The van der Waals surface area contributed by atoms with E-state index in [0.29, 0.717) is 0 Å². The first kappa shape index (κ1) is 5.85. The highest BCUT2D eigenvalue weighted by molar-refractivity contribution is 8.02. The van der Waals surface area contributed by atoms with Crippen LogP contribution in [0.1, 0.15) is 0 Å². The Bertz CT molecular complexity index is 157. The number of thioether (sulfide) groups is 1. The van der Waals surface area contributed by atoms with Crippen LogP contribution in [0.3, 0.4) is 0 Å². The van der Waals surface area contributed by atoms with Crippen molar-refractivity contribution in [3.05, 3.63) is 22.9 Å². The van der Waals surface area contributed by atoms with Gasteiger partial charge in [-0.05, 0) is 5.41 Å². The molecule has 8 heavy (non-hydrogen) atoms. The molecule has 0 aliphatic carbocycles. The number of rotatable bonds is 2. The van der Waals surface area contributed by atoms with Crippen molar-refractivity contribution in [3.63, 3.8) is 0 Å². The Hall–Kier alpha value is -0.280. The normalized spacial score (nSPS) is 9.00. The fourth-order valence-electron chi connectivity index (χ4n) is 0.345. The summed E-state index contributed by atoms with van der Waals surface area (Å²) in [6.45, 7) is 3.56. The lowest BCUT2D eigenvalue weighted by Gasteiger charge is -1.79. The molecule has 0 amide bonds. The Balaban J connectivity index is 2.62. The van der Waals surface area contributed by atoms with Gasteiger partial charge in [-0.15, -0.1) is 11.3 Å². The lowest BCUT2D eigenvalue weighted by atomic mass is 11.0. The number of hydrogen-bond donors (Lipinski definition) is 0. The van der Waals surface area contributed by atoms with E-state index in [1.165, 1.54) is 0 Å². The molecule has 0 atom stereocenters. The van der Waals surface area contributed by atoms with Crippen molar-refractivity contribution in [3.8, 4) is 0 Å². The first-order valence-electron chi connectivity index (χ1n) is 2.09.